The summed E-state index contributed by atoms with van der Waals surface area (Å²) in [4.78, 5) is 0. The van der Waals surface area contributed by atoms with Crippen LogP contribution < -0.4 is 5.32 Å². The van der Waals surface area contributed by atoms with Gasteiger partial charge >= 0.3 is 0 Å². The second-order valence-corrected chi connectivity index (χ2v) is 5.90. The van der Waals surface area contributed by atoms with Crippen molar-refractivity contribution in [2.24, 2.45) is 0 Å². The Labute approximate surface area is 122 Å². The van der Waals surface area contributed by atoms with E-state index in [1.165, 1.54) is 27.8 Å². The fourth-order valence-electron chi connectivity index (χ4n) is 2.99. The van der Waals surface area contributed by atoms with Crippen LogP contribution in [0, 0.1) is 0 Å². The molecule has 0 saturated heterocycles. The Kier molecular flexibility index (Phi) is 2.91. The van der Waals surface area contributed by atoms with Crippen molar-refractivity contribution in [3.8, 4) is 11.1 Å². The van der Waals surface area contributed by atoms with Crippen molar-refractivity contribution in [3.63, 3.8) is 0 Å². The van der Waals surface area contributed by atoms with Crippen LogP contribution in [-0.4, -0.2) is 0 Å². The number of nitrogens with one attached hydrogen (secondary N) is 1. The summed E-state index contributed by atoms with van der Waals surface area (Å²) in [5, 5.41) is 8.04. The molecule has 0 atom stereocenters. The Morgan fingerprint density at radius 3 is 2.10 bits per heavy atom. The molecule has 4 rings (SSSR count). The van der Waals surface area contributed by atoms with E-state index in [4.69, 9.17) is 0 Å². The first-order valence-electron chi connectivity index (χ1n) is 6.86. The highest BCUT2D eigenvalue weighted by Gasteiger charge is 2.27. The van der Waals surface area contributed by atoms with Crippen LogP contribution in [0.4, 0.5) is 0 Å². The Bertz CT molecular complexity index is 685. The van der Waals surface area contributed by atoms with Crippen molar-refractivity contribution in [1.29, 1.82) is 0 Å². The molecule has 1 aliphatic carbocycles. The number of rotatable bonds is 3. The van der Waals surface area contributed by atoms with Gasteiger partial charge in [0.25, 0.3) is 0 Å². The van der Waals surface area contributed by atoms with Crippen molar-refractivity contribution in [3.05, 3.63) is 82.0 Å². The average Bonchev–Trinajstić information content (AvgIpc) is 3.11. The first kappa shape index (κ1) is 11.9. The third kappa shape index (κ3) is 1.89. The number of hydrogen-bond donors (Lipinski definition) is 1. The first-order chi connectivity index (χ1) is 9.93. The molecule has 1 heterocycles. The van der Waals surface area contributed by atoms with Gasteiger partial charge in [-0.05, 0) is 44.6 Å². The van der Waals surface area contributed by atoms with Gasteiger partial charge in [0, 0.05) is 6.54 Å². The molecule has 0 unspecified atom stereocenters. The summed E-state index contributed by atoms with van der Waals surface area (Å²) >= 11 is 1.75. The molecular formula is C18H15NS. The first-order valence-corrected chi connectivity index (χ1v) is 7.80. The molecule has 1 aromatic heterocycles. The Morgan fingerprint density at radius 2 is 1.50 bits per heavy atom. The largest absolute Gasteiger partial charge is 0.302 e. The van der Waals surface area contributed by atoms with Gasteiger partial charge in [-0.15, -0.1) is 0 Å². The molecule has 0 fully saturated rings. The van der Waals surface area contributed by atoms with E-state index in [1.807, 2.05) is 0 Å². The van der Waals surface area contributed by atoms with Crippen molar-refractivity contribution < 1.29 is 0 Å². The number of fused-ring (bicyclic) bond motifs is 3. The zero-order chi connectivity index (χ0) is 13.4. The van der Waals surface area contributed by atoms with Crippen LogP contribution >= 0.6 is 11.3 Å². The van der Waals surface area contributed by atoms with Crippen LogP contribution in [-0.2, 0) is 6.54 Å². The summed E-state index contributed by atoms with van der Waals surface area (Å²) in [6, 6.07) is 19.9. The van der Waals surface area contributed by atoms with Crippen molar-refractivity contribution in [2.75, 3.05) is 0 Å². The maximum absolute atomic E-state index is 3.70. The van der Waals surface area contributed by atoms with E-state index in [9.17, 15) is 0 Å². The predicted molar refractivity (Wildman–Crippen MR) is 84.9 cm³/mol. The van der Waals surface area contributed by atoms with Gasteiger partial charge in [0.2, 0.25) is 0 Å². The second kappa shape index (κ2) is 4.89. The topological polar surface area (TPSA) is 12.0 Å². The van der Waals surface area contributed by atoms with Crippen LogP contribution in [0.1, 0.15) is 22.7 Å². The summed E-state index contributed by atoms with van der Waals surface area (Å²) in [6.07, 6.45) is 0. The fourth-order valence-corrected chi connectivity index (χ4v) is 3.66. The van der Waals surface area contributed by atoms with Crippen LogP contribution in [0.2, 0.25) is 0 Å². The Hall–Kier alpha value is -1.90. The molecule has 2 heteroatoms. The van der Waals surface area contributed by atoms with Gasteiger partial charge in [-0.25, -0.2) is 0 Å². The third-order valence-corrected chi connectivity index (χ3v) is 4.66. The minimum absolute atomic E-state index is 0.308. The highest BCUT2D eigenvalue weighted by atomic mass is 32.1. The maximum Gasteiger partial charge on any atom is 0.0591 e. The minimum atomic E-state index is 0.308. The van der Waals surface area contributed by atoms with E-state index in [0.29, 0.717) is 6.04 Å². The fraction of sp³-hybridized carbons (Fsp3) is 0.111. The smallest absolute Gasteiger partial charge is 0.0591 e. The van der Waals surface area contributed by atoms with E-state index in [0.717, 1.165) is 6.54 Å². The second-order valence-electron chi connectivity index (χ2n) is 5.12. The van der Waals surface area contributed by atoms with Crippen LogP contribution in [0.3, 0.4) is 0 Å². The maximum atomic E-state index is 3.70. The number of benzene rings is 2. The number of thiophene rings is 1. The Balaban J connectivity index is 1.72. The SMILES string of the molecule is c1ccc2c(c1)-c1ccccc1C2NCc1ccsc1. The third-order valence-electron chi connectivity index (χ3n) is 3.92. The monoisotopic (exact) mass is 277 g/mol. The lowest BCUT2D eigenvalue weighted by molar-refractivity contribution is 0.617. The summed E-state index contributed by atoms with van der Waals surface area (Å²) in [5.41, 5.74) is 6.88. The summed E-state index contributed by atoms with van der Waals surface area (Å²) in [7, 11) is 0. The van der Waals surface area contributed by atoms with E-state index in [1.54, 1.807) is 11.3 Å². The van der Waals surface area contributed by atoms with Crippen LogP contribution in [0.5, 0.6) is 0 Å². The molecule has 0 aliphatic heterocycles. The number of hydrogen-bond acceptors (Lipinski definition) is 2. The molecular weight excluding hydrogens is 262 g/mol. The van der Waals surface area contributed by atoms with Gasteiger partial charge in [0.1, 0.15) is 0 Å². The van der Waals surface area contributed by atoms with E-state index in [-0.39, 0.29) is 0 Å². The van der Waals surface area contributed by atoms with Gasteiger partial charge in [-0.3, -0.25) is 0 Å². The predicted octanol–water partition coefficient (Wildman–Crippen LogP) is 4.61. The molecule has 98 valence electrons. The molecule has 1 aliphatic rings. The normalized spacial score (nSPS) is 13.2. The molecule has 0 saturated carbocycles. The lowest BCUT2D eigenvalue weighted by Crippen LogP contribution is -2.19. The van der Waals surface area contributed by atoms with E-state index >= 15 is 0 Å². The molecule has 1 nitrogen and oxygen atoms in total. The molecule has 2 aromatic carbocycles. The highest BCUT2D eigenvalue weighted by molar-refractivity contribution is 7.07. The Morgan fingerprint density at radius 1 is 0.850 bits per heavy atom. The summed E-state index contributed by atoms with van der Waals surface area (Å²) in [6.45, 7) is 0.914. The molecule has 0 bridgehead atoms. The zero-order valence-corrected chi connectivity index (χ0v) is 11.9. The summed E-state index contributed by atoms with van der Waals surface area (Å²) in [5.74, 6) is 0. The standard InChI is InChI=1S/C18H15NS/c1-3-7-16-14(5-1)15-6-2-4-8-17(15)18(16)19-11-13-9-10-20-12-13/h1-10,12,18-19H,11H2. The van der Waals surface area contributed by atoms with E-state index < -0.39 is 0 Å². The lowest BCUT2D eigenvalue weighted by Gasteiger charge is -2.15. The molecule has 1 N–H and O–H groups in total. The van der Waals surface area contributed by atoms with Crippen molar-refractivity contribution >= 4 is 11.3 Å². The van der Waals surface area contributed by atoms with Crippen molar-refractivity contribution in [2.45, 2.75) is 12.6 Å². The average molecular weight is 277 g/mol. The molecule has 0 spiro atoms. The van der Waals surface area contributed by atoms with Gasteiger partial charge in [0.05, 0.1) is 6.04 Å². The molecule has 3 aromatic rings. The molecule has 20 heavy (non-hydrogen) atoms. The zero-order valence-electron chi connectivity index (χ0n) is 11.0. The lowest BCUT2D eigenvalue weighted by atomic mass is 10.1. The quantitative estimate of drug-likeness (QED) is 0.737. The van der Waals surface area contributed by atoms with Crippen LogP contribution in [0.15, 0.2) is 65.4 Å². The van der Waals surface area contributed by atoms with Gasteiger partial charge in [-0.2, -0.15) is 11.3 Å². The van der Waals surface area contributed by atoms with Gasteiger partial charge in [0.15, 0.2) is 0 Å². The molecule has 0 radical (unpaired) electrons. The minimum Gasteiger partial charge on any atom is -0.302 e. The van der Waals surface area contributed by atoms with Gasteiger partial charge < -0.3 is 5.32 Å². The van der Waals surface area contributed by atoms with Gasteiger partial charge in [-0.1, -0.05) is 48.5 Å². The van der Waals surface area contributed by atoms with Crippen molar-refractivity contribution in [1.82, 2.24) is 5.32 Å². The molecule has 0 amide bonds. The highest BCUT2D eigenvalue weighted by Crippen LogP contribution is 2.43. The summed E-state index contributed by atoms with van der Waals surface area (Å²) < 4.78 is 0. The van der Waals surface area contributed by atoms with Crippen LogP contribution in [0.25, 0.3) is 11.1 Å². The van der Waals surface area contributed by atoms with E-state index in [2.05, 4.69) is 70.7 Å².